The summed E-state index contributed by atoms with van der Waals surface area (Å²) in [7, 11) is 0. The highest BCUT2D eigenvalue weighted by atomic mass is 19.1. The van der Waals surface area contributed by atoms with Gasteiger partial charge in [0.05, 0.1) is 44.5 Å². The van der Waals surface area contributed by atoms with Crippen molar-refractivity contribution in [3.05, 3.63) is 182 Å². The van der Waals surface area contributed by atoms with Crippen LogP contribution in [0, 0.1) is 5.82 Å². The molecule has 11 rings (SSSR count). The van der Waals surface area contributed by atoms with E-state index in [4.69, 9.17) is 0 Å². The van der Waals surface area contributed by atoms with Crippen LogP contribution < -0.4 is 0 Å². The monoisotopic (exact) mass is 683 g/mol. The predicted octanol–water partition coefficient (Wildman–Crippen LogP) is 12.5. The first-order valence-electron chi connectivity index (χ1n) is 17.8. The Morgan fingerprint density at radius 1 is 0.358 bits per heavy atom. The van der Waals surface area contributed by atoms with Gasteiger partial charge in [-0.1, -0.05) is 109 Å². The van der Waals surface area contributed by atoms with Crippen LogP contribution in [0.15, 0.2) is 176 Å². The smallest absolute Gasteiger partial charge is 0.141 e. The third kappa shape index (κ3) is 4.22. The summed E-state index contributed by atoms with van der Waals surface area (Å²) < 4.78 is 22.6. The second-order valence-corrected chi connectivity index (χ2v) is 13.6. The first-order valence-corrected chi connectivity index (χ1v) is 17.8. The van der Waals surface area contributed by atoms with E-state index in [2.05, 4.69) is 129 Å². The van der Waals surface area contributed by atoms with Gasteiger partial charge in [0.25, 0.3) is 0 Å². The largest absolute Gasteiger partial charge is 0.506 e. The molecule has 0 aliphatic carbocycles. The third-order valence-corrected chi connectivity index (χ3v) is 10.8. The quantitative estimate of drug-likeness (QED) is 0.197. The zero-order valence-electron chi connectivity index (χ0n) is 28.4. The van der Waals surface area contributed by atoms with Crippen molar-refractivity contribution in [2.75, 3.05) is 0 Å². The van der Waals surface area contributed by atoms with Crippen LogP contribution in [0.3, 0.4) is 0 Å². The highest BCUT2D eigenvalue weighted by molar-refractivity contribution is 6.16. The van der Waals surface area contributed by atoms with Gasteiger partial charge in [-0.3, -0.25) is 0 Å². The van der Waals surface area contributed by atoms with Crippen molar-refractivity contribution in [1.29, 1.82) is 0 Å². The summed E-state index contributed by atoms with van der Waals surface area (Å²) in [4.78, 5) is 0. The van der Waals surface area contributed by atoms with Crippen LogP contribution in [0.1, 0.15) is 0 Å². The number of fused-ring (bicyclic) bond motifs is 9. The Kier molecular flexibility index (Phi) is 6.25. The van der Waals surface area contributed by atoms with E-state index >= 15 is 4.39 Å². The van der Waals surface area contributed by atoms with E-state index in [9.17, 15) is 5.11 Å². The Morgan fingerprint density at radius 3 is 1.30 bits per heavy atom. The average Bonchev–Trinajstić information content (AvgIpc) is 3.84. The number of phenolic OH excluding ortho intramolecular Hbond substituents is 1. The fourth-order valence-electron chi connectivity index (χ4n) is 8.59. The summed E-state index contributed by atoms with van der Waals surface area (Å²) in [6, 6.07) is 58.9. The Bertz CT molecular complexity index is 3170. The lowest BCUT2D eigenvalue weighted by molar-refractivity contribution is 0.473. The predicted molar refractivity (Wildman–Crippen MR) is 217 cm³/mol. The van der Waals surface area contributed by atoms with Crippen molar-refractivity contribution in [2.45, 2.75) is 0 Å². The number of aromatic hydroxyl groups is 1. The van der Waals surface area contributed by atoms with Gasteiger partial charge in [-0.2, -0.15) is 0 Å². The second kappa shape index (κ2) is 11.2. The molecule has 0 fully saturated rings. The fraction of sp³-hybridized carbons (Fsp3) is 0. The molecule has 0 amide bonds. The third-order valence-electron chi connectivity index (χ3n) is 10.8. The van der Waals surface area contributed by atoms with Gasteiger partial charge in [0.1, 0.15) is 11.6 Å². The molecule has 1 N–H and O–H groups in total. The molecule has 8 aromatic carbocycles. The summed E-state index contributed by atoms with van der Waals surface area (Å²) in [5.41, 5.74) is 9.65. The van der Waals surface area contributed by atoms with E-state index in [0.717, 1.165) is 82.4 Å². The summed E-state index contributed by atoms with van der Waals surface area (Å²) >= 11 is 0. The number of nitrogens with zero attached hydrogens (tertiary/aromatic N) is 3. The molecule has 0 atom stereocenters. The maximum absolute atomic E-state index is 16.0. The van der Waals surface area contributed by atoms with Crippen LogP contribution in [0.25, 0.3) is 93.6 Å². The molecule has 11 aromatic rings. The molecule has 0 radical (unpaired) electrons. The molecule has 0 spiro atoms. The first kappa shape index (κ1) is 29.6. The normalized spacial score (nSPS) is 11.9. The fourth-order valence-corrected chi connectivity index (χ4v) is 8.59. The van der Waals surface area contributed by atoms with Crippen LogP contribution in [-0.2, 0) is 0 Å². The van der Waals surface area contributed by atoms with E-state index < -0.39 is 0 Å². The number of para-hydroxylation sites is 5. The maximum Gasteiger partial charge on any atom is 0.141 e. The molecule has 0 saturated heterocycles. The van der Waals surface area contributed by atoms with E-state index in [1.807, 2.05) is 48.5 Å². The zero-order valence-corrected chi connectivity index (χ0v) is 28.4. The van der Waals surface area contributed by atoms with Crippen molar-refractivity contribution in [3.63, 3.8) is 0 Å². The van der Waals surface area contributed by atoms with Gasteiger partial charge in [-0.15, -0.1) is 0 Å². The number of rotatable bonds is 4. The van der Waals surface area contributed by atoms with E-state index in [1.165, 1.54) is 6.07 Å². The Labute approximate surface area is 303 Å². The van der Waals surface area contributed by atoms with Gasteiger partial charge in [0.2, 0.25) is 0 Å². The van der Waals surface area contributed by atoms with Crippen LogP contribution in [0.2, 0.25) is 0 Å². The number of phenols is 1. The Morgan fingerprint density at radius 2 is 0.792 bits per heavy atom. The van der Waals surface area contributed by atoms with Gasteiger partial charge < -0.3 is 18.8 Å². The number of benzene rings is 8. The van der Waals surface area contributed by atoms with E-state index in [0.29, 0.717) is 11.3 Å². The topological polar surface area (TPSA) is 35.0 Å². The van der Waals surface area contributed by atoms with Crippen molar-refractivity contribution in [2.24, 2.45) is 0 Å². The Hall–Kier alpha value is -7.11. The average molecular weight is 684 g/mol. The molecule has 5 heteroatoms. The second-order valence-electron chi connectivity index (χ2n) is 13.6. The summed E-state index contributed by atoms with van der Waals surface area (Å²) in [5.74, 6) is -0.186. The highest BCUT2D eigenvalue weighted by Gasteiger charge is 2.23. The molecular formula is C48H30FN3O. The SMILES string of the molecule is Oc1cc(-n2c3ccccc3c3ccccc32)ccc1-n1c2ccccc2c2cc(-n3c4ccccc4c4ccccc43)cc(-c3ccccc3F)c21. The van der Waals surface area contributed by atoms with Crippen molar-refractivity contribution < 1.29 is 9.50 Å². The van der Waals surface area contributed by atoms with Gasteiger partial charge in [0.15, 0.2) is 0 Å². The van der Waals surface area contributed by atoms with Crippen LogP contribution in [0.4, 0.5) is 4.39 Å². The molecule has 53 heavy (non-hydrogen) atoms. The molecule has 250 valence electrons. The molecular weight excluding hydrogens is 654 g/mol. The molecule has 0 bridgehead atoms. The highest BCUT2D eigenvalue weighted by Crippen LogP contribution is 2.44. The lowest BCUT2D eigenvalue weighted by Crippen LogP contribution is -2.01. The molecule has 0 aliphatic heterocycles. The molecule has 0 aliphatic rings. The van der Waals surface area contributed by atoms with Crippen molar-refractivity contribution in [3.8, 4) is 33.9 Å². The molecule has 3 aromatic heterocycles. The van der Waals surface area contributed by atoms with E-state index in [-0.39, 0.29) is 11.6 Å². The Balaban J connectivity index is 1.22. The molecule has 0 unspecified atom stereocenters. The minimum Gasteiger partial charge on any atom is -0.506 e. The number of hydrogen-bond donors (Lipinski definition) is 1. The van der Waals surface area contributed by atoms with Crippen LogP contribution >= 0.6 is 0 Å². The molecule has 3 heterocycles. The van der Waals surface area contributed by atoms with Crippen LogP contribution in [-0.4, -0.2) is 18.8 Å². The number of halogens is 1. The van der Waals surface area contributed by atoms with Crippen molar-refractivity contribution >= 4 is 65.4 Å². The van der Waals surface area contributed by atoms with Gasteiger partial charge in [-0.25, -0.2) is 4.39 Å². The first-order chi connectivity index (χ1) is 26.2. The van der Waals surface area contributed by atoms with Crippen LogP contribution in [0.5, 0.6) is 5.75 Å². The minimum absolute atomic E-state index is 0.123. The van der Waals surface area contributed by atoms with Gasteiger partial charge >= 0.3 is 0 Å². The number of hydrogen-bond acceptors (Lipinski definition) is 1. The lowest BCUT2D eigenvalue weighted by atomic mass is 10.00. The maximum atomic E-state index is 16.0. The van der Waals surface area contributed by atoms with Gasteiger partial charge in [0, 0.05) is 55.2 Å². The zero-order chi connectivity index (χ0) is 35.2. The summed E-state index contributed by atoms with van der Waals surface area (Å²) in [5, 5.41) is 18.7. The summed E-state index contributed by atoms with van der Waals surface area (Å²) in [6.07, 6.45) is 0. The standard InChI is InChI=1S/C48H30FN3O/c49-40-19-7-1-13-32(40)38-27-31(51-43-22-10-4-16-35(43)36-17-5-11-23-44(36)51)28-39-37-18-6-12-24-45(37)52(48(38)39)46-26-25-30(29-47(46)53)50-41-20-8-2-14-33(41)34-15-3-9-21-42(34)50/h1-29,53H. The number of aromatic nitrogens is 3. The van der Waals surface area contributed by atoms with Crippen molar-refractivity contribution in [1.82, 2.24) is 13.7 Å². The van der Waals surface area contributed by atoms with E-state index in [1.54, 1.807) is 6.07 Å². The summed E-state index contributed by atoms with van der Waals surface area (Å²) in [6.45, 7) is 0. The molecule has 4 nitrogen and oxygen atoms in total. The van der Waals surface area contributed by atoms with Gasteiger partial charge in [-0.05, 0) is 60.7 Å². The lowest BCUT2D eigenvalue weighted by Gasteiger charge is -2.17. The molecule has 0 saturated carbocycles. The minimum atomic E-state index is -0.309.